The van der Waals surface area contributed by atoms with Crippen LogP contribution < -0.4 is 5.32 Å². The molecule has 2 atom stereocenters. The average molecular weight is 375 g/mol. The van der Waals surface area contributed by atoms with Crippen molar-refractivity contribution in [3.05, 3.63) is 51.8 Å². The Labute approximate surface area is 160 Å². The van der Waals surface area contributed by atoms with Crippen molar-refractivity contribution in [3.8, 4) is 0 Å². The molecular formula is C20H27ClN4O. The Kier molecular flexibility index (Phi) is 5.99. The van der Waals surface area contributed by atoms with Crippen LogP contribution in [0.2, 0.25) is 5.02 Å². The summed E-state index contributed by atoms with van der Waals surface area (Å²) < 4.78 is 0. The average Bonchev–Trinajstić information content (AvgIpc) is 3.25. The van der Waals surface area contributed by atoms with E-state index in [4.69, 9.17) is 11.6 Å². The molecule has 3 rings (SSSR count). The second-order valence-electron chi connectivity index (χ2n) is 7.13. The highest BCUT2D eigenvalue weighted by molar-refractivity contribution is 6.30. The normalized spacial score (nSPS) is 17.2. The maximum absolute atomic E-state index is 12.8. The number of nitrogens with zero attached hydrogens (tertiary/aromatic N) is 2. The maximum Gasteiger partial charge on any atom is 0.227 e. The van der Waals surface area contributed by atoms with E-state index in [0.29, 0.717) is 6.54 Å². The molecule has 0 bridgehead atoms. The number of amides is 1. The first-order valence-electron chi connectivity index (χ1n) is 9.26. The number of hydrogen-bond donors (Lipinski definition) is 2. The molecule has 0 spiro atoms. The Balaban J connectivity index is 1.72. The summed E-state index contributed by atoms with van der Waals surface area (Å²) in [6.45, 7) is 8.52. The van der Waals surface area contributed by atoms with Crippen LogP contribution in [0.4, 0.5) is 0 Å². The third-order valence-electron chi connectivity index (χ3n) is 5.30. The van der Waals surface area contributed by atoms with Gasteiger partial charge in [0.25, 0.3) is 0 Å². The Hall–Kier alpha value is -1.85. The van der Waals surface area contributed by atoms with Gasteiger partial charge in [0, 0.05) is 22.8 Å². The number of nitrogens with one attached hydrogen (secondary N) is 2. The Morgan fingerprint density at radius 1 is 1.35 bits per heavy atom. The van der Waals surface area contributed by atoms with Gasteiger partial charge in [0.2, 0.25) is 5.91 Å². The standard InChI is InChI=1S/C20H27ClN4O/c1-13(19-14(2)23-24-15(19)3)20(26)22-12-18(25-9-4-5-10-25)16-7-6-8-17(21)11-16/h6-8,11,13,18H,4-5,9-10,12H2,1-3H3,(H,22,26)(H,23,24)/t13-,18-/m0/s1. The van der Waals surface area contributed by atoms with Gasteiger partial charge in [-0.3, -0.25) is 14.8 Å². The van der Waals surface area contributed by atoms with E-state index in [1.807, 2.05) is 39.0 Å². The van der Waals surface area contributed by atoms with Crippen molar-refractivity contribution in [2.45, 2.75) is 45.6 Å². The van der Waals surface area contributed by atoms with E-state index in [0.717, 1.165) is 40.6 Å². The molecule has 6 heteroatoms. The van der Waals surface area contributed by atoms with Gasteiger partial charge in [0.05, 0.1) is 17.7 Å². The van der Waals surface area contributed by atoms with Crippen LogP contribution in [0.5, 0.6) is 0 Å². The van der Waals surface area contributed by atoms with Gasteiger partial charge in [-0.2, -0.15) is 5.10 Å². The van der Waals surface area contributed by atoms with Gasteiger partial charge in [-0.1, -0.05) is 23.7 Å². The van der Waals surface area contributed by atoms with E-state index >= 15 is 0 Å². The third kappa shape index (κ3) is 4.10. The molecule has 0 aliphatic carbocycles. The fraction of sp³-hybridized carbons (Fsp3) is 0.500. The number of carbonyl (C=O) groups is 1. The molecule has 140 valence electrons. The van der Waals surface area contributed by atoms with Gasteiger partial charge in [-0.15, -0.1) is 0 Å². The van der Waals surface area contributed by atoms with Crippen molar-refractivity contribution in [3.63, 3.8) is 0 Å². The SMILES string of the molecule is Cc1n[nH]c(C)c1[C@H](C)C(=O)NC[C@@H](c1cccc(Cl)c1)N1CCCC1. The molecule has 26 heavy (non-hydrogen) atoms. The van der Waals surface area contributed by atoms with Crippen molar-refractivity contribution in [2.24, 2.45) is 0 Å². The van der Waals surface area contributed by atoms with Crippen molar-refractivity contribution in [2.75, 3.05) is 19.6 Å². The zero-order valence-corrected chi connectivity index (χ0v) is 16.4. The molecule has 0 saturated carbocycles. The molecule has 2 heterocycles. The summed E-state index contributed by atoms with van der Waals surface area (Å²) >= 11 is 6.19. The highest BCUT2D eigenvalue weighted by Crippen LogP contribution is 2.27. The van der Waals surface area contributed by atoms with Gasteiger partial charge in [0.15, 0.2) is 0 Å². The van der Waals surface area contributed by atoms with Crippen LogP contribution in [0.1, 0.15) is 54.2 Å². The fourth-order valence-corrected chi connectivity index (χ4v) is 4.10. The van der Waals surface area contributed by atoms with Gasteiger partial charge >= 0.3 is 0 Å². The summed E-state index contributed by atoms with van der Waals surface area (Å²) in [5.74, 6) is -0.198. The minimum Gasteiger partial charge on any atom is -0.354 e. The number of benzene rings is 1. The third-order valence-corrected chi connectivity index (χ3v) is 5.53. The van der Waals surface area contributed by atoms with E-state index in [1.165, 1.54) is 12.8 Å². The quantitative estimate of drug-likeness (QED) is 0.809. The van der Waals surface area contributed by atoms with E-state index < -0.39 is 0 Å². The van der Waals surface area contributed by atoms with Crippen molar-refractivity contribution >= 4 is 17.5 Å². The van der Waals surface area contributed by atoms with Crippen LogP contribution in [-0.2, 0) is 4.79 Å². The zero-order valence-electron chi connectivity index (χ0n) is 15.7. The maximum atomic E-state index is 12.8. The van der Waals surface area contributed by atoms with Crippen LogP contribution in [0.3, 0.4) is 0 Å². The Morgan fingerprint density at radius 3 is 2.69 bits per heavy atom. The van der Waals surface area contributed by atoms with Gasteiger partial charge in [0.1, 0.15) is 0 Å². The summed E-state index contributed by atoms with van der Waals surface area (Å²) in [4.78, 5) is 15.2. The first-order valence-corrected chi connectivity index (χ1v) is 9.64. The smallest absolute Gasteiger partial charge is 0.227 e. The van der Waals surface area contributed by atoms with Crippen molar-refractivity contribution in [1.29, 1.82) is 0 Å². The summed E-state index contributed by atoms with van der Waals surface area (Å²) in [5.41, 5.74) is 3.98. The zero-order chi connectivity index (χ0) is 18.7. The van der Waals surface area contributed by atoms with E-state index in [-0.39, 0.29) is 17.9 Å². The summed E-state index contributed by atoms with van der Waals surface area (Å²) in [5, 5.41) is 11.1. The molecule has 0 radical (unpaired) electrons. The Bertz CT molecular complexity index is 747. The first kappa shape index (κ1) is 18.9. The number of halogens is 1. The minimum absolute atomic E-state index is 0.0313. The number of aromatic nitrogens is 2. The lowest BCUT2D eigenvalue weighted by molar-refractivity contribution is -0.122. The number of aromatic amines is 1. The van der Waals surface area contributed by atoms with Crippen molar-refractivity contribution in [1.82, 2.24) is 20.4 Å². The predicted molar refractivity (Wildman–Crippen MR) is 104 cm³/mol. The highest BCUT2D eigenvalue weighted by atomic mass is 35.5. The number of carbonyl (C=O) groups excluding carboxylic acids is 1. The largest absolute Gasteiger partial charge is 0.354 e. The van der Waals surface area contributed by atoms with Crippen LogP contribution in [0.25, 0.3) is 0 Å². The molecule has 1 aliphatic rings. The molecule has 5 nitrogen and oxygen atoms in total. The fourth-order valence-electron chi connectivity index (χ4n) is 3.90. The molecular weight excluding hydrogens is 348 g/mol. The minimum atomic E-state index is -0.229. The van der Waals surface area contributed by atoms with Gasteiger partial charge in [-0.05, 0) is 64.4 Å². The predicted octanol–water partition coefficient (Wildman–Crippen LogP) is 3.74. The molecule has 1 aromatic heterocycles. The molecule has 1 aliphatic heterocycles. The lowest BCUT2D eigenvalue weighted by Crippen LogP contribution is -2.38. The molecule has 0 unspecified atom stereocenters. The number of aryl methyl sites for hydroxylation is 2. The van der Waals surface area contributed by atoms with Crippen LogP contribution >= 0.6 is 11.6 Å². The first-order chi connectivity index (χ1) is 12.5. The monoisotopic (exact) mass is 374 g/mol. The van der Waals surface area contributed by atoms with Crippen molar-refractivity contribution < 1.29 is 4.79 Å². The Morgan fingerprint density at radius 2 is 2.08 bits per heavy atom. The number of rotatable bonds is 6. The van der Waals surface area contributed by atoms with E-state index in [1.54, 1.807) is 0 Å². The van der Waals surface area contributed by atoms with Gasteiger partial charge < -0.3 is 5.32 Å². The highest BCUT2D eigenvalue weighted by Gasteiger charge is 2.26. The van der Waals surface area contributed by atoms with Crippen LogP contribution in [-0.4, -0.2) is 40.6 Å². The van der Waals surface area contributed by atoms with Gasteiger partial charge in [-0.25, -0.2) is 0 Å². The summed E-state index contributed by atoms with van der Waals surface area (Å²) in [6, 6.07) is 8.11. The molecule has 2 aromatic rings. The van der Waals surface area contributed by atoms with Crippen LogP contribution in [0, 0.1) is 13.8 Å². The van der Waals surface area contributed by atoms with E-state index in [2.05, 4.69) is 26.5 Å². The summed E-state index contributed by atoms with van der Waals surface area (Å²) in [6.07, 6.45) is 2.41. The lowest BCUT2D eigenvalue weighted by atomic mass is 9.98. The summed E-state index contributed by atoms with van der Waals surface area (Å²) in [7, 11) is 0. The van der Waals surface area contributed by atoms with E-state index in [9.17, 15) is 4.79 Å². The molecule has 1 saturated heterocycles. The molecule has 1 aromatic carbocycles. The number of H-pyrrole nitrogens is 1. The molecule has 1 fully saturated rings. The number of likely N-dealkylation sites (tertiary alicyclic amines) is 1. The topological polar surface area (TPSA) is 61.0 Å². The van der Waals surface area contributed by atoms with Crippen LogP contribution in [0.15, 0.2) is 24.3 Å². The lowest BCUT2D eigenvalue weighted by Gasteiger charge is -2.29. The number of hydrogen-bond acceptors (Lipinski definition) is 3. The molecule has 1 amide bonds. The second kappa shape index (κ2) is 8.23. The molecule has 2 N–H and O–H groups in total. The second-order valence-corrected chi connectivity index (χ2v) is 7.56.